The number of aliphatic imine (C=N–C) groups is 1. The van der Waals surface area contributed by atoms with Crippen molar-refractivity contribution in [2.75, 3.05) is 39.4 Å². The van der Waals surface area contributed by atoms with Gasteiger partial charge in [0.05, 0.1) is 12.4 Å². The smallest absolute Gasteiger partial charge is 0.0860 e. The van der Waals surface area contributed by atoms with Gasteiger partial charge in [-0.2, -0.15) is 0 Å². The first-order chi connectivity index (χ1) is 7.81. The number of allylic oxidation sites excluding steroid dienone is 3. The van der Waals surface area contributed by atoms with Crippen molar-refractivity contribution in [3.63, 3.8) is 0 Å². The summed E-state index contributed by atoms with van der Waals surface area (Å²) in [6.07, 6.45) is 5.62. The Labute approximate surface area is 98.1 Å². The Morgan fingerprint density at radius 3 is 2.56 bits per heavy atom. The Morgan fingerprint density at radius 1 is 1.38 bits per heavy atom. The van der Waals surface area contributed by atoms with E-state index in [1.54, 1.807) is 6.08 Å². The first-order valence-electron chi connectivity index (χ1n) is 5.81. The zero-order valence-electron chi connectivity index (χ0n) is 10.1. The van der Waals surface area contributed by atoms with Crippen molar-refractivity contribution in [1.82, 2.24) is 9.80 Å². The molecule has 0 saturated carbocycles. The van der Waals surface area contributed by atoms with Crippen LogP contribution in [-0.4, -0.2) is 55.4 Å². The van der Waals surface area contributed by atoms with Crippen LogP contribution in [0, 0.1) is 0 Å². The second-order valence-electron chi connectivity index (χ2n) is 3.74. The predicted molar refractivity (Wildman–Crippen MR) is 69.5 cm³/mol. The van der Waals surface area contributed by atoms with Crippen molar-refractivity contribution in [2.45, 2.75) is 6.92 Å². The van der Waals surface area contributed by atoms with Gasteiger partial charge in [-0.05, 0) is 12.6 Å². The van der Waals surface area contributed by atoms with E-state index in [-0.39, 0.29) is 0 Å². The Kier molecular flexibility index (Phi) is 5.82. The van der Waals surface area contributed by atoms with Crippen LogP contribution in [0.2, 0.25) is 0 Å². The van der Waals surface area contributed by atoms with Gasteiger partial charge in [-0.25, -0.2) is 0 Å². The molecule has 0 amide bonds. The first kappa shape index (κ1) is 12.9. The zero-order chi connectivity index (χ0) is 11.8. The van der Waals surface area contributed by atoms with Crippen molar-refractivity contribution in [2.24, 2.45) is 10.7 Å². The third-order valence-corrected chi connectivity index (χ3v) is 2.80. The molecule has 0 aromatic rings. The lowest BCUT2D eigenvalue weighted by molar-refractivity contribution is 0.171. The van der Waals surface area contributed by atoms with E-state index in [9.17, 15) is 0 Å². The summed E-state index contributed by atoms with van der Waals surface area (Å²) in [6, 6.07) is 0. The molecule has 2 N–H and O–H groups in total. The normalized spacial score (nSPS) is 19.4. The molecule has 1 aliphatic rings. The molecule has 4 heteroatoms. The van der Waals surface area contributed by atoms with Crippen molar-refractivity contribution in [3.8, 4) is 0 Å². The third-order valence-electron chi connectivity index (χ3n) is 2.80. The quantitative estimate of drug-likeness (QED) is 0.549. The maximum absolute atomic E-state index is 5.37. The molecule has 1 rings (SSSR count). The van der Waals surface area contributed by atoms with Crippen molar-refractivity contribution in [3.05, 3.63) is 24.4 Å². The molecule has 0 aliphatic carbocycles. The number of piperazine rings is 1. The minimum atomic E-state index is 0.337. The van der Waals surface area contributed by atoms with Gasteiger partial charge in [0.25, 0.3) is 0 Å². The summed E-state index contributed by atoms with van der Waals surface area (Å²) in [5.74, 6) is 0. The predicted octanol–water partition coefficient (Wildman–Crippen LogP) is 0.681. The van der Waals surface area contributed by atoms with E-state index in [0.717, 1.165) is 38.4 Å². The Balaban J connectivity index is 2.57. The van der Waals surface area contributed by atoms with E-state index in [0.29, 0.717) is 6.67 Å². The average molecular weight is 222 g/mol. The molecule has 16 heavy (non-hydrogen) atoms. The summed E-state index contributed by atoms with van der Waals surface area (Å²) in [5.41, 5.74) is 6.48. The number of hydrogen-bond donors (Lipinski definition) is 1. The fraction of sp³-hybridized carbons (Fsp3) is 0.583. The average Bonchev–Trinajstić information content (AvgIpc) is 2.35. The maximum Gasteiger partial charge on any atom is 0.0860 e. The molecule has 0 bridgehead atoms. The SMILES string of the molecule is C=CC=C(C=NCN)N1CCN(CC)CC1. The lowest BCUT2D eigenvalue weighted by Crippen LogP contribution is -2.45. The van der Waals surface area contributed by atoms with Crippen LogP contribution < -0.4 is 5.73 Å². The molecule has 4 nitrogen and oxygen atoms in total. The van der Waals surface area contributed by atoms with E-state index < -0.39 is 0 Å². The summed E-state index contributed by atoms with van der Waals surface area (Å²) < 4.78 is 0. The number of hydrogen-bond acceptors (Lipinski definition) is 4. The minimum Gasteiger partial charge on any atom is -0.368 e. The van der Waals surface area contributed by atoms with Gasteiger partial charge in [-0.15, -0.1) is 0 Å². The minimum absolute atomic E-state index is 0.337. The molecule has 1 fully saturated rings. The van der Waals surface area contributed by atoms with Gasteiger partial charge in [-0.1, -0.05) is 19.6 Å². The molecule has 0 aromatic heterocycles. The van der Waals surface area contributed by atoms with E-state index in [1.165, 1.54) is 0 Å². The molecular formula is C12H22N4. The Morgan fingerprint density at radius 2 is 2.06 bits per heavy atom. The third kappa shape index (κ3) is 3.79. The van der Waals surface area contributed by atoms with Gasteiger partial charge < -0.3 is 15.5 Å². The van der Waals surface area contributed by atoms with Gasteiger partial charge in [-0.3, -0.25) is 4.99 Å². The highest BCUT2D eigenvalue weighted by molar-refractivity contribution is 5.78. The van der Waals surface area contributed by atoms with Crippen molar-refractivity contribution < 1.29 is 0 Å². The van der Waals surface area contributed by atoms with Crippen LogP contribution in [0.1, 0.15) is 6.92 Å². The molecule has 0 unspecified atom stereocenters. The molecule has 1 heterocycles. The topological polar surface area (TPSA) is 44.9 Å². The van der Waals surface area contributed by atoms with E-state index in [2.05, 4.69) is 28.3 Å². The fourth-order valence-corrected chi connectivity index (χ4v) is 1.82. The fourth-order valence-electron chi connectivity index (χ4n) is 1.82. The molecule has 90 valence electrons. The standard InChI is InChI=1S/C12H22N4/c1-3-5-12(10-14-11-13)16-8-6-15(4-2)7-9-16/h3,5,10H,1,4,6-9,11,13H2,2H3. The van der Waals surface area contributed by atoms with E-state index in [4.69, 9.17) is 5.73 Å². The number of nitrogens with two attached hydrogens (primary N) is 1. The van der Waals surface area contributed by atoms with Crippen LogP contribution in [0.4, 0.5) is 0 Å². The number of likely N-dealkylation sites (N-methyl/N-ethyl adjacent to an activating group) is 1. The largest absolute Gasteiger partial charge is 0.368 e. The van der Waals surface area contributed by atoms with Crippen LogP contribution in [0.25, 0.3) is 0 Å². The summed E-state index contributed by atoms with van der Waals surface area (Å²) in [5, 5.41) is 0. The van der Waals surface area contributed by atoms with Crippen molar-refractivity contribution in [1.29, 1.82) is 0 Å². The summed E-state index contributed by atoms with van der Waals surface area (Å²) >= 11 is 0. The molecular weight excluding hydrogens is 200 g/mol. The summed E-state index contributed by atoms with van der Waals surface area (Å²) in [7, 11) is 0. The number of rotatable bonds is 5. The van der Waals surface area contributed by atoms with E-state index >= 15 is 0 Å². The summed E-state index contributed by atoms with van der Waals surface area (Å²) in [4.78, 5) is 8.86. The molecule has 0 atom stereocenters. The summed E-state index contributed by atoms with van der Waals surface area (Å²) in [6.45, 7) is 11.7. The molecule has 1 saturated heterocycles. The highest BCUT2D eigenvalue weighted by atomic mass is 15.3. The first-order valence-corrected chi connectivity index (χ1v) is 5.81. The molecule has 0 radical (unpaired) electrons. The second kappa shape index (κ2) is 7.19. The van der Waals surface area contributed by atoms with Crippen LogP contribution in [0.15, 0.2) is 29.4 Å². The van der Waals surface area contributed by atoms with Crippen LogP contribution in [0.5, 0.6) is 0 Å². The van der Waals surface area contributed by atoms with Crippen LogP contribution in [-0.2, 0) is 0 Å². The Bertz CT molecular complexity index is 262. The number of nitrogens with zero attached hydrogens (tertiary/aromatic N) is 3. The maximum atomic E-state index is 5.37. The highest BCUT2D eigenvalue weighted by Gasteiger charge is 2.15. The second-order valence-corrected chi connectivity index (χ2v) is 3.74. The van der Waals surface area contributed by atoms with Gasteiger partial charge in [0.15, 0.2) is 0 Å². The van der Waals surface area contributed by atoms with Crippen molar-refractivity contribution >= 4 is 6.21 Å². The lowest BCUT2D eigenvalue weighted by Gasteiger charge is -2.35. The Hall–Kier alpha value is -1.13. The van der Waals surface area contributed by atoms with Gasteiger partial charge in [0.2, 0.25) is 0 Å². The van der Waals surface area contributed by atoms with Crippen LogP contribution >= 0.6 is 0 Å². The molecule has 0 aromatic carbocycles. The van der Waals surface area contributed by atoms with Gasteiger partial charge in [0, 0.05) is 32.4 Å². The lowest BCUT2D eigenvalue weighted by atomic mass is 10.2. The zero-order valence-corrected chi connectivity index (χ0v) is 10.1. The monoisotopic (exact) mass is 222 g/mol. The molecule has 1 aliphatic heterocycles. The van der Waals surface area contributed by atoms with Gasteiger partial charge >= 0.3 is 0 Å². The molecule has 0 spiro atoms. The highest BCUT2D eigenvalue weighted by Crippen LogP contribution is 2.08. The van der Waals surface area contributed by atoms with Gasteiger partial charge in [0.1, 0.15) is 0 Å². The van der Waals surface area contributed by atoms with E-state index in [1.807, 2.05) is 12.3 Å². The van der Waals surface area contributed by atoms with Crippen LogP contribution in [0.3, 0.4) is 0 Å².